The van der Waals surface area contributed by atoms with Crippen molar-refractivity contribution in [2.24, 2.45) is 10.7 Å². The van der Waals surface area contributed by atoms with E-state index in [9.17, 15) is 19.2 Å². The highest BCUT2D eigenvalue weighted by molar-refractivity contribution is 9.10. The van der Waals surface area contributed by atoms with Gasteiger partial charge in [0, 0.05) is 27.0 Å². The lowest BCUT2D eigenvalue weighted by molar-refractivity contribution is -0.165. The smallest absolute Gasteiger partial charge is 0.303 e. The molecule has 0 aromatic rings. The van der Waals surface area contributed by atoms with Crippen molar-refractivity contribution in [2.45, 2.75) is 50.1 Å². The minimum Gasteiger partial charge on any atom is -0.463 e. The van der Waals surface area contributed by atoms with Crippen molar-refractivity contribution in [1.82, 2.24) is 0 Å². The van der Waals surface area contributed by atoms with Crippen LogP contribution < -0.4 is 5.73 Å². The summed E-state index contributed by atoms with van der Waals surface area (Å²) < 4.78 is 20.7. The third kappa shape index (κ3) is 6.78. The molecule has 5 unspecified atom stereocenters. The fraction of sp³-hybridized carbons (Fsp3) is 0.643. The number of primary amides is 1. The Bertz CT molecular complexity index is 567. The molecular weight excluding hydrogens is 404 g/mol. The van der Waals surface area contributed by atoms with Gasteiger partial charge in [-0.15, -0.1) is 0 Å². The molecule has 1 heterocycles. The van der Waals surface area contributed by atoms with Crippen molar-refractivity contribution < 1.29 is 38.1 Å². The van der Waals surface area contributed by atoms with Crippen LogP contribution in [0.2, 0.25) is 0 Å². The summed E-state index contributed by atoms with van der Waals surface area (Å²) >= 11 is 3.00. The summed E-state index contributed by atoms with van der Waals surface area (Å²) in [5.74, 6) is -2.53. The van der Waals surface area contributed by atoms with Gasteiger partial charge in [-0.3, -0.25) is 24.2 Å². The number of carbonyl (C=O) groups excluding carboxylic acids is 4. The van der Waals surface area contributed by atoms with Crippen molar-refractivity contribution in [3.8, 4) is 0 Å². The molecule has 0 aromatic carbocycles. The number of carbonyl (C=O) groups is 4. The largest absolute Gasteiger partial charge is 0.463 e. The average molecular weight is 423 g/mol. The van der Waals surface area contributed by atoms with E-state index in [1.54, 1.807) is 0 Å². The maximum atomic E-state index is 11.4. The van der Waals surface area contributed by atoms with Gasteiger partial charge >= 0.3 is 17.9 Å². The number of alkyl halides is 1. The first-order chi connectivity index (χ1) is 11.6. The number of halogens is 1. The van der Waals surface area contributed by atoms with Gasteiger partial charge in [0.15, 0.2) is 18.4 Å². The molecule has 0 radical (unpaired) electrons. The Balaban J connectivity index is 3.02. The predicted octanol–water partition coefficient (Wildman–Crippen LogP) is -0.543. The fourth-order valence-corrected chi connectivity index (χ4v) is 2.18. The minimum absolute atomic E-state index is 0.232. The molecule has 1 aliphatic rings. The SMILES string of the molecule is CC(=O)OCC1OC(N=CC(Br)C(N)=O)C(OC(C)=O)C1OC(C)=O. The molecule has 25 heavy (non-hydrogen) atoms. The van der Waals surface area contributed by atoms with Gasteiger partial charge in [0.25, 0.3) is 0 Å². The molecule has 1 saturated heterocycles. The summed E-state index contributed by atoms with van der Waals surface area (Å²) in [5, 5.41) is 0. The van der Waals surface area contributed by atoms with Crippen molar-refractivity contribution in [3.05, 3.63) is 0 Å². The van der Waals surface area contributed by atoms with E-state index in [0.29, 0.717) is 0 Å². The number of rotatable bonds is 7. The van der Waals surface area contributed by atoms with Crippen LogP contribution in [0, 0.1) is 0 Å². The van der Waals surface area contributed by atoms with Crippen LogP contribution in [0.25, 0.3) is 0 Å². The Morgan fingerprint density at radius 2 is 1.68 bits per heavy atom. The molecule has 0 aliphatic carbocycles. The van der Waals surface area contributed by atoms with Crippen LogP contribution in [0.3, 0.4) is 0 Å². The summed E-state index contributed by atoms with van der Waals surface area (Å²) in [5.41, 5.74) is 5.11. The quantitative estimate of drug-likeness (QED) is 0.249. The first kappa shape index (κ1) is 21.0. The van der Waals surface area contributed by atoms with E-state index in [1.807, 2.05) is 0 Å². The molecule has 5 atom stereocenters. The van der Waals surface area contributed by atoms with E-state index in [4.69, 9.17) is 24.7 Å². The number of esters is 3. The molecule has 2 N–H and O–H groups in total. The lowest BCUT2D eigenvalue weighted by Crippen LogP contribution is -2.41. The van der Waals surface area contributed by atoms with Crippen LogP contribution in [-0.4, -0.2) is 66.0 Å². The molecule has 1 amide bonds. The number of nitrogens with zero attached hydrogens (tertiary/aromatic N) is 1. The predicted molar refractivity (Wildman–Crippen MR) is 86.8 cm³/mol. The molecule has 0 bridgehead atoms. The number of ether oxygens (including phenoxy) is 4. The summed E-state index contributed by atoms with van der Waals surface area (Å²) in [7, 11) is 0. The van der Waals surface area contributed by atoms with Gasteiger partial charge in [-0.2, -0.15) is 0 Å². The third-order valence-corrected chi connectivity index (χ3v) is 3.66. The summed E-state index contributed by atoms with van der Waals surface area (Å²) in [6, 6.07) is 0. The van der Waals surface area contributed by atoms with Gasteiger partial charge in [0.1, 0.15) is 17.5 Å². The molecule has 1 fully saturated rings. The van der Waals surface area contributed by atoms with E-state index in [2.05, 4.69) is 20.9 Å². The van der Waals surface area contributed by atoms with Gasteiger partial charge in [-0.1, -0.05) is 15.9 Å². The number of nitrogens with two attached hydrogens (primary N) is 1. The second-order valence-electron chi connectivity index (χ2n) is 5.12. The highest BCUT2D eigenvalue weighted by atomic mass is 79.9. The summed E-state index contributed by atoms with van der Waals surface area (Å²) in [6.07, 6.45) is -2.92. The number of aliphatic imine (C=N–C) groups is 1. The Morgan fingerprint density at radius 3 is 2.16 bits per heavy atom. The fourth-order valence-electron chi connectivity index (χ4n) is 2.05. The van der Waals surface area contributed by atoms with E-state index in [1.165, 1.54) is 27.0 Å². The Hall–Kier alpha value is -2.01. The molecule has 11 heteroatoms. The van der Waals surface area contributed by atoms with Crippen LogP contribution in [0.4, 0.5) is 0 Å². The highest BCUT2D eigenvalue weighted by Crippen LogP contribution is 2.28. The molecule has 1 aliphatic heterocycles. The van der Waals surface area contributed by atoms with Gasteiger partial charge in [-0.05, 0) is 0 Å². The zero-order valence-corrected chi connectivity index (χ0v) is 15.4. The zero-order chi connectivity index (χ0) is 19.1. The topological polar surface area (TPSA) is 144 Å². The molecule has 1 rings (SSSR count). The van der Waals surface area contributed by atoms with Crippen LogP contribution in [0.15, 0.2) is 4.99 Å². The van der Waals surface area contributed by atoms with Gasteiger partial charge in [0.05, 0.1) is 0 Å². The van der Waals surface area contributed by atoms with Crippen molar-refractivity contribution in [1.29, 1.82) is 0 Å². The van der Waals surface area contributed by atoms with Crippen LogP contribution in [-0.2, 0) is 38.1 Å². The molecule has 0 spiro atoms. The monoisotopic (exact) mass is 422 g/mol. The zero-order valence-electron chi connectivity index (χ0n) is 13.8. The molecule has 140 valence electrons. The van der Waals surface area contributed by atoms with E-state index in [-0.39, 0.29) is 6.61 Å². The normalized spacial score (nSPS) is 26.9. The Morgan fingerprint density at radius 1 is 1.12 bits per heavy atom. The highest BCUT2D eigenvalue weighted by Gasteiger charge is 2.49. The Kier molecular flexibility index (Phi) is 7.97. The second kappa shape index (κ2) is 9.47. The van der Waals surface area contributed by atoms with Crippen LogP contribution in [0.1, 0.15) is 20.8 Å². The molecule has 10 nitrogen and oxygen atoms in total. The lowest BCUT2D eigenvalue weighted by Gasteiger charge is -2.22. The van der Waals surface area contributed by atoms with Gasteiger partial charge < -0.3 is 24.7 Å². The van der Waals surface area contributed by atoms with E-state index < -0.39 is 53.2 Å². The molecule has 0 saturated carbocycles. The first-order valence-corrected chi connectivity index (χ1v) is 8.13. The van der Waals surface area contributed by atoms with Crippen molar-refractivity contribution >= 4 is 46.0 Å². The minimum atomic E-state index is -1.08. The van der Waals surface area contributed by atoms with Gasteiger partial charge in [0.2, 0.25) is 5.91 Å². The third-order valence-electron chi connectivity index (χ3n) is 2.98. The lowest BCUT2D eigenvalue weighted by atomic mass is 10.1. The van der Waals surface area contributed by atoms with Crippen molar-refractivity contribution in [3.63, 3.8) is 0 Å². The average Bonchev–Trinajstić information content (AvgIpc) is 2.79. The molecular formula is C14H19BrN2O8. The van der Waals surface area contributed by atoms with Crippen molar-refractivity contribution in [2.75, 3.05) is 6.61 Å². The second-order valence-corrected chi connectivity index (χ2v) is 6.10. The number of amides is 1. The van der Waals surface area contributed by atoms with Gasteiger partial charge in [-0.25, -0.2) is 0 Å². The number of hydrogen-bond donors (Lipinski definition) is 1. The standard InChI is InChI=1S/C14H19BrN2O8/c1-6(18)22-5-10-11(23-7(2)19)12(24-8(3)20)14(25-10)17-4-9(15)13(16)21/h4,9-12,14H,5H2,1-3H3,(H2,16,21). The molecule has 0 aromatic heterocycles. The summed E-state index contributed by atoms with van der Waals surface area (Å²) in [6.45, 7) is 3.31. The Labute approximate surface area is 152 Å². The maximum absolute atomic E-state index is 11.4. The van der Waals surface area contributed by atoms with Crippen LogP contribution >= 0.6 is 15.9 Å². The first-order valence-electron chi connectivity index (χ1n) is 7.21. The summed E-state index contributed by atoms with van der Waals surface area (Å²) in [4.78, 5) is 47.9. The number of hydrogen-bond acceptors (Lipinski definition) is 9. The van der Waals surface area contributed by atoms with Crippen LogP contribution in [0.5, 0.6) is 0 Å². The van der Waals surface area contributed by atoms with E-state index >= 15 is 0 Å². The maximum Gasteiger partial charge on any atom is 0.303 e. The van der Waals surface area contributed by atoms with E-state index in [0.717, 1.165) is 0 Å².